The van der Waals surface area contributed by atoms with Crippen molar-refractivity contribution in [1.29, 1.82) is 5.26 Å². The second-order valence-electron chi connectivity index (χ2n) is 6.97. The van der Waals surface area contributed by atoms with Gasteiger partial charge in [-0.15, -0.1) is 0 Å². The van der Waals surface area contributed by atoms with Crippen LogP contribution in [0.5, 0.6) is 0 Å². The van der Waals surface area contributed by atoms with Gasteiger partial charge in [0.05, 0.1) is 34.6 Å². The van der Waals surface area contributed by atoms with Gasteiger partial charge in [-0.05, 0) is 41.7 Å². The molecule has 0 radical (unpaired) electrons. The number of benzene rings is 2. The minimum atomic E-state index is -0.345. The van der Waals surface area contributed by atoms with Gasteiger partial charge in [-0.25, -0.2) is 4.98 Å². The van der Waals surface area contributed by atoms with Crippen molar-refractivity contribution in [3.8, 4) is 6.07 Å². The molecule has 0 saturated carbocycles. The quantitative estimate of drug-likeness (QED) is 0.545. The third-order valence-corrected chi connectivity index (χ3v) is 5.27. The molecule has 2 aromatic carbocycles. The fourth-order valence-corrected chi connectivity index (χ4v) is 3.77. The molecule has 0 amide bonds. The second-order valence-corrected chi connectivity index (χ2v) is 6.97. The molecule has 1 aliphatic rings. The van der Waals surface area contributed by atoms with Crippen LogP contribution in [0.25, 0.3) is 0 Å². The Hall–Kier alpha value is -3.50. The SMILES string of the molecule is N#Cc1ccc(CC(c2cnc[nH]2)N2CCc3ccc([N+](=O)[O-])cc3C2)cc1. The number of nitriles is 1. The normalized spacial score (nSPS) is 14.8. The van der Waals surface area contributed by atoms with Crippen molar-refractivity contribution in [2.24, 2.45) is 0 Å². The summed E-state index contributed by atoms with van der Waals surface area (Å²) < 4.78 is 0. The zero-order valence-electron chi connectivity index (χ0n) is 15.2. The van der Waals surface area contributed by atoms with E-state index in [1.54, 1.807) is 18.5 Å². The van der Waals surface area contributed by atoms with Gasteiger partial charge >= 0.3 is 0 Å². The second kappa shape index (κ2) is 7.62. The van der Waals surface area contributed by atoms with Crippen LogP contribution < -0.4 is 0 Å². The van der Waals surface area contributed by atoms with E-state index in [-0.39, 0.29) is 16.7 Å². The molecule has 3 aromatic rings. The number of non-ortho nitro benzene ring substituents is 1. The van der Waals surface area contributed by atoms with Gasteiger partial charge in [-0.2, -0.15) is 5.26 Å². The van der Waals surface area contributed by atoms with E-state index in [2.05, 4.69) is 20.9 Å². The Labute approximate surface area is 162 Å². The van der Waals surface area contributed by atoms with Crippen LogP contribution >= 0.6 is 0 Å². The Balaban J connectivity index is 1.61. The van der Waals surface area contributed by atoms with Gasteiger partial charge in [0, 0.05) is 31.4 Å². The number of nitrogens with zero attached hydrogens (tertiary/aromatic N) is 4. The minimum Gasteiger partial charge on any atom is -0.347 e. The molecule has 28 heavy (non-hydrogen) atoms. The maximum Gasteiger partial charge on any atom is 0.269 e. The fourth-order valence-electron chi connectivity index (χ4n) is 3.77. The first-order valence-electron chi connectivity index (χ1n) is 9.11. The summed E-state index contributed by atoms with van der Waals surface area (Å²) in [5, 5.41) is 20.1. The van der Waals surface area contributed by atoms with Crippen molar-refractivity contribution in [1.82, 2.24) is 14.9 Å². The molecule has 0 aliphatic carbocycles. The molecular weight excluding hydrogens is 354 g/mol. The van der Waals surface area contributed by atoms with Crippen LogP contribution in [0.2, 0.25) is 0 Å². The highest BCUT2D eigenvalue weighted by Crippen LogP contribution is 2.31. The summed E-state index contributed by atoms with van der Waals surface area (Å²) in [4.78, 5) is 20.5. The van der Waals surface area contributed by atoms with E-state index in [0.29, 0.717) is 12.1 Å². The lowest BCUT2D eigenvalue weighted by Crippen LogP contribution is -2.35. The summed E-state index contributed by atoms with van der Waals surface area (Å²) in [5.74, 6) is 0. The summed E-state index contributed by atoms with van der Waals surface area (Å²) in [7, 11) is 0. The summed E-state index contributed by atoms with van der Waals surface area (Å²) in [6, 6.07) is 15.0. The maximum absolute atomic E-state index is 11.1. The lowest BCUT2D eigenvalue weighted by atomic mass is 9.94. The predicted octanol–water partition coefficient (Wildman–Crippen LogP) is 3.53. The maximum atomic E-state index is 11.1. The van der Waals surface area contributed by atoms with Gasteiger partial charge in [0.15, 0.2) is 0 Å². The largest absolute Gasteiger partial charge is 0.347 e. The highest BCUT2D eigenvalue weighted by molar-refractivity contribution is 5.41. The fraction of sp³-hybridized carbons (Fsp3) is 0.238. The van der Waals surface area contributed by atoms with Crippen molar-refractivity contribution in [2.75, 3.05) is 6.54 Å². The topological polar surface area (TPSA) is 98.8 Å². The first kappa shape index (κ1) is 17.9. The third-order valence-electron chi connectivity index (χ3n) is 5.27. The Kier molecular flexibility index (Phi) is 4.87. The molecule has 1 N–H and O–H groups in total. The number of H-pyrrole nitrogens is 1. The molecule has 0 spiro atoms. The number of nitrogens with one attached hydrogen (secondary N) is 1. The smallest absolute Gasteiger partial charge is 0.269 e. The molecule has 7 nitrogen and oxygen atoms in total. The van der Waals surface area contributed by atoms with E-state index in [1.165, 1.54) is 5.56 Å². The highest BCUT2D eigenvalue weighted by atomic mass is 16.6. The van der Waals surface area contributed by atoms with E-state index in [4.69, 9.17) is 5.26 Å². The van der Waals surface area contributed by atoms with Crippen molar-refractivity contribution in [2.45, 2.75) is 25.4 Å². The monoisotopic (exact) mass is 373 g/mol. The number of rotatable bonds is 5. The molecule has 1 unspecified atom stereocenters. The Morgan fingerprint density at radius 2 is 2.07 bits per heavy atom. The Morgan fingerprint density at radius 3 is 2.75 bits per heavy atom. The summed E-state index contributed by atoms with van der Waals surface area (Å²) in [6.45, 7) is 1.52. The van der Waals surface area contributed by atoms with Gasteiger partial charge in [-0.3, -0.25) is 15.0 Å². The van der Waals surface area contributed by atoms with Crippen LogP contribution in [-0.2, 0) is 19.4 Å². The number of nitro benzene ring substituents is 1. The zero-order chi connectivity index (χ0) is 19.5. The summed E-state index contributed by atoms with van der Waals surface area (Å²) >= 11 is 0. The average Bonchev–Trinajstić information content (AvgIpc) is 3.26. The number of hydrogen-bond acceptors (Lipinski definition) is 5. The number of hydrogen-bond donors (Lipinski definition) is 1. The van der Waals surface area contributed by atoms with Crippen molar-refractivity contribution in [3.63, 3.8) is 0 Å². The number of imidazole rings is 1. The average molecular weight is 373 g/mol. The lowest BCUT2D eigenvalue weighted by Gasteiger charge is -2.35. The molecule has 2 heterocycles. The van der Waals surface area contributed by atoms with Crippen LogP contribution in [0, 0.1) is 21.4 Å². The van der Waals surface area contributed by atoms with Gasteiger partial charge in [-0.1, -0.05) is 18.2 Å². The Morgan fingerprint density at radius 1 is 1.25 bits per heavy atom. The van der Waals surface area contributed by atoms with Crippen LogP contribution in [-0.4, -0.2) is 26.3 Å². The lowest BCUT2D eigenvalue weighted by molar-refractivity contribution is -0.385. The summed E-state index contributed by atoms with van der Waals surface area (Å²) in [5.41, 5.74) is 5.09. The van der Waals surface area contributed by atoms with Crippen LogP contribution in [0.4, 0.5) is 5.69 Å². The molecule has 1 aliphatic heterocycles. The number of nitro groups is 1. The van der Waals surface area contributed by atoms with Crippen molar-refractivity contribution < 1.29 is 4.92 Å². The minimum absolute atomic E-state index is 0.0721. The molecule has 1 aromatic heterocycles. The van der Waals surface area contributed by atoms with Crippen LogP contribution in [0.1, 0.15) is 34.0 Å². The third kappa shape index (κ3) is 3.63. The molecule has 4 rings (SSSR count). The molecular formula is C21H19N5O2. The number of aromatic amines is 1. The molecule has 0 saturated heterocycles. The van der Waals surface area contributed by atoms with E-state index in [0.717, 1.165) is 36.2 Å². The molecule has 0 fully saturated rings. The number of fused-ring (bicyclic) bond motifs is 1. The zero-order valence-corrected chi connectivity index (χ0v) is 15.2. The Bertz CT molecular complexity index is 1020. The van der Waals surface area contributed by atoms with Gasteiger partial charge < -0.3 is 4.98 Å². The molecule has 7 heteroatoms. The number of aromatic nitrogens is 2. The first-order valence-corrected chi connectivity index (χ1v) is 9.11. The van der Waals surface area contributed by atoms with Crippen LogP contribution in [0.3, 0.4) is 0 Å². The van der Waals surface area contributed by atoms with E-state index < -0.39 is 0 Å². The first-order chi connectivity index (χ1) is 13.6. The van der Waals surface area contributed by atoms with Crippen molar-refractivity contribution in [3.05, 3.63) is 93.1 Å². The van der Waals surface area contributed by atoms with E-state index in [9.17, 15) is 10.1 Å². The molecule has 140 valence electrons. The highest BCUT2D eigenvalue weighted by Gasteiger charge is 2.27. The predicted molar refractivity (Wildman–Crippen MR) is 103 cm³/mol. The van der Waals surface area contributed by atoms with E-state index >= 15 is 0 Å². The van der Waals surface area contributed by atoms with Crippen LogP contribution in [0.15, 0.2) is 55.0 Å². The summed E-state index contributed by atoms with van der Waals surface area (Å²) in [6.07, 6.45) is 5.12. The van der Waals surface area contributed by atoms with Gasteiger partial charge in [0.1, 0.15) is 0 Å². The van der Waals surface area contributed by atoms with Gasteiger partial charge in [0.2, 0.25) is 0 Å². The van der Waals surface area contributed by atoms with E-state index in [1.807, 2.05) is 36.5 Å². The van der Waals surface area contributed by atoms with Crippen molar-refractivity contribution >= 4 is 5.69 Å². The molecule has 1 atom stereocenters. The molecule has 0 bridgehead atoms. The van der Waals surface area contributed by atoms with Gasteiger partial charge in [0.25, 0.3) is 5.69 Å². The standard InChI is InChI=1S/C21H19N5O2/c22-11-16-3-1-15(2-4-16)9-21(20-12-23-14-24-20)25-8-7-17-5-6-19(26(27)28)10-18(17)13-25/h1-6,10,12,14,21H,7-9,13H2,(H,23,24).